The first-order chi connectivity index (χ1) is 14.7. The van der Waals surface area contributed by atoms with Crippen LogP contribution in [-0.2, 0) is 20.0 Å². The molecule has 9 nitrogen and oxygen atoms in total. The van der Waals surface area contributed by atoms with Crippen molar-refractivity contribution < 1.29 is 24.3 Å². The quantitative estimate of drug-likeness (QED) is 0.529. The minimum atomic E-state index is -2.10. The summed E-state index contributed by atoms with van der Waals surface area (Å²) in [5.41, 5.74) is -0.375. The number of hydrogen-bond acceptors (Lipinski definition) is 5. The van der Waals surface area contributed by atoms with Gasteiger partial charge in [-0.2, -0.15) is 0 Å². The summed E-state index contributed by atoms with van der Waals surface area (Å²) in [5.74, 6) is -1.64. The van der Waals surface area contributed by atoms with E-state index in [1.807, 2.05) is 0 Å². The SMILES string of the molecule is Cc1c(NC(=O)C2(O)CC(=O)Nc3ccc(Br)cc32)cccc1N1C(=O)CCNC1=O. The van der Waals surface area contributed by atoms with Crippen molar-refractivity contribution in [3.8, 4) is 0 Å². The standard InChI is InChI=1S/C21H19BrN4O5/c1-11-14(3-2-4-16(11)26-18(28)7-8-23-20(26)30)25-19(29)21(31)10-17(27)24-15-6-5-12(22)9-13(15)21/h2-6,9,31H,7-8,10H2,1H3,(H,23,30)(H,24,27)(H,25,29). The molecule has 4 rings (SSSR count). The lowest BCUT2D eigenvalue weighted by Gasteiger charge is -2.33. The van der Waals surface area contributed by atoms with E-state index in [0.29, 0.717) is 27.1 Å². The zero-order valence-electron chi connectivity index (χ0n) is 16.5. The van der Waals surface area contributed by atoms with Gasteiger partial charge in [-0.25, -0.2) is 9.69 Å². The average molecular weight is 487 g/mol. The average Bonchev–Trinajstić information content (AvgIpc) is 2.71. The van der Waals surface area contributed by atoms with Crippen molar-refractivity contribution >= 4 is 56.7 Å². The molecule has 0 spiro atoms. The molecule has 31 heavy (non-hydrogen) atoms. The second-order valence-electron chi connectivity index (χ2n) is 7.39. The van der Waals surface area contributed by atoms with Crippen molar-refractivity contribution in [3.05, 3.63) is 52.0 Å². The van der Waals surface area contributed by atoms with E-state index < -0.39 is 29.9 Å². The van der Waals surface area contributed by atoms with Gasteiger partial charge in [0.1, 0.15) is 0 Å². The molecule has 1 fully saturated rings. The predicted molar refractivity (Wildman–Crippen MR) is 117 cm³/mol. The summed E-state index contributed by atoms with van der Waals surface area (Å²) >= 11 is 3.32. The molecule has 0 saturated carbocycles. The van der Waals surface area contributed by atoms with E-state index >= 15 is 0 Å². The summed E-state index contributed by atoms with van der Waals surface area (Å²) in [6, 6.07) is 9.12. The van der Waals surface area contributed by atoms with Crippen LogP contribution in [0.2, 0.25) is 0 Å². The minimum absolute atomic E-state index is 0.169. The lowest BCUT2D eigenvalue weighted by atomic mass is 9.85. The van der Waals surface area contributed by atoms with E-state index in [0.717, 1.165) is 4.90 Å². The third kappa shape index (κ3) is 3.68. The maximum atomic E-state index is 13.2. The number of carbonyl (C=O) groups excluding carboxylic acids is 4. The molecule has 1 atom stereocenters. The van der Waals surface area contributed by atoms with Crippen LogP contribution in [0.1, 0.15) is 24.0 Å². The number of hydrogen-bond donors (Lipinski definition) is 4. The number of rotatable bonds is 3. The summed E-state index contributed by atoms with van der Waals surface area (Å²) in [6.45, 7) is 1.93. The maximum absolute atomic E-state index is 13.2. The molecule has 160 valence electrons. The number of benzene rings is 2. The van der Waals surface area contributed by atoms with E-state index in [1.165, 1.54) is 0 Å². The van der Waals surface area contributed by atoms with Crippen LogP contribution in [0.3, 0.4) is 0 Å². The Morgan fingerprint density at radius 1 is 1.23 bits per heavy atom. The number of amides is 5. The van der Waals surface area contributed by atoms with E-state index in [1.54, 1.807) is 43.3 Å². The molecule has 2 aliphatic heterocycles. The van der Waals surface area contributed by atoms with Gasteiger partial charge < -0.3 is 21.1 Å². The summed E-state index contributed by atoms with van der Waals surface area (Å²) in [5, 5.41) is 19.1. The van der Waals surface area contributed by atoms with Crippen molar-refractivity contribution in [1.29, 1.82) is 0 Å². The van der Waals surface area contributed by atoms with E-state index in [2.05, 4.69) is 31.9 Å². The van der Waals surface area contributed by atoms with Crippen molar-refractivity contribution in [2.45, 2.75) is 25.4 Å². The van der Waals surface area contributed by atoms with Crippen LogP contribution in [0.4, 0.5) is 21.9 Å². The fraction of sp³-hybridized carbons (Fsp3) is 0.238. The Morgan fingerprint density at radius 2 is 2.00 bits per heavy atom. The van der Waals surface area contributed by atoms with Crippen LogP contribution < -0.4 is 20.9 Å². The Balaban J connectivity index is 1.69. The summed E-state index contributed by atoms with van der Waals surface area (Å²) in [6.07, 6.45) is -0.281. The molecule has 0 aliphatic carbocycles. The molecule has 5 amide bonds. The van der Waals surface area contributed by atoms with Gasteiger partial charge in [0.25, 0.3) is 5.91 Å². The van der Waals surface area contributed by atoms with E-state index in [4.69, 9.17) is 0 Å². The molecule has 4 N–H and O–H groups in total. The second-order valence-corrected chi connectivity index (χ2v) is 8.31. The minimum Gasteiger partial charge on any atom is -0.375 e. The van der Waals surface area contributed by atoms with Gasteiger partial charge in [-0.05, 0) is 42.8 Å². The van der Waals surface area contributed by atoms with Gasteiger partial charge >= 0.3 is 6.03 Å². The second kappa shape index (κ2) is 7.78. The molecule has 0 bridgehead atoms. The summed E-state index contributed by atoms with van der Waals surface area (Å²) in [7, 11) is 0. The molecule has 0 aromatic heterocycles. The van der Waals surface area contributed by atoms with Crippen molar-refractivity contribution in [3.63, 3.8) is 0 Å². The van der Waals surface area contributed by atoms with Crippen LogP contribution in [-0.4, -0.2) is 35.4 Å². The van der Waals surface area contributed by atoms with Crippen LogP contribution in [0.15, 0.2) is 40.9 Å². The van der Waals surface area contributed by atoms with Crippen molar-refractivity contribution in [1.82, 2.24) is 5.32 Å². The van der Waals surface area contributed by atoms with Crippen LogP contribution in [0, 0.1) is 6.92 Å². The van der Waals surface area contributed by atoms with Gasteiger partial charge in [-0.3, -0.25) is 14.4 Å². The summed E-state index contributed by atoms with van der Waals surface area (Å²) < 4.78 is 0.640. The number of aliphatic hydroxyl groups is 1. The zero-order valence-corrected chi connectivity index (χ0v) is 18.1. The smallest absolute Gasteiger partial charge is 0.328 e. The van der Waals surface area contributed by atoms with Crippen LogP contribution >= 0.6 is 15.9 Å². The number of imide groups is 1. The lowest BCUT2D eigenvalue weighted by molar-refractivity contribution is -0.141. The third-order valence-electron chi connectivity index (χ3n) is 5.36. The molecule has 0 radical (unpaired) electrons. The highest BCUT2D eigenvalue weighted by Crippen LogP contribution is 2.39. The Labute approximate surface area is 185 Å². The first kappa shape index (κ1) is 21.0. The highest BCUT2D eigenvalue weighted by molar-refractivity contribution is 9.10. The van der Waals surface area contributed by atoms with E-state index in [9.17, 15) is 24.3 Å². The van der Waals surface area contributed by atoms with Gasteiger partial charge in [0.15, 0.2) is 5.60 Å². The molecule has 2 aliphatic rings. The summed E-state index contributed by atoms with van der Waals surface area (Å²) in [4.78, 5) is 50.8. The Morgan fingerprint density at radius 3 is 2.74 bits per heavy atom. The predicted octanol–water partition coefficient (Wildman–Crippen LogP) is 2.37. The number of urea groups is 1. The lowest BCUT2D eigenvalue weighted by Crippen LogP contribution is -2.50. The number of nitrogens with zero attached hydrogens (tertiary/aromatic N) is 1. The zero-order chi connectivity index (χ0) is 22.3. The molecule has 2 heterocycles. The van der Waals surface area contributed by atoms with Gasteiger partial charge in [0.05, 0.1) is 12.1 Å². The van der Waals surface area contributed by atoms with Crippen molar-refractivity contribution in [2.24, 2.45) is 0 Å². The number of anilines is 3. The first-order valence-electron chi connectivity index (χ1n) is 9.55. The molecular formula is C21H19BrN4O5. The Hall–Kier alpha value is -3.24. The van der Waals surface area contributed by atoms with E-state index in [-0.39, 0.29) is 24.4 Å². The molecule has 1 saturated heterocycles. The largest absolute Gasteiger partial charge is 0.375 e. The van der Waals surface area contributed by atoms with Gasteiger partial charge in [-0.1, -0.05) is 22.0 Å². The van der Waals surface area contributed by atoms with Crippen LogP contribution in [0.5, 0.6) is 0 Å². The molecule has 2 aromatic rings. The Bertz CT molecular complexity index is 1120. The topological polar surface area (TPSA) is 128 Å². The Kier molecular flexibility index (Phi) is 5.28. The highest BCUT2D eigenvalue weighted by atomic mass is 79.9. The number of nitrogens with one attached hydrogen (secondary N) is 3. The van der Waals surface area contributed by atoms with Gasteiger partial charge in [0.2, 0.25) is 11.8 Å². The monoisotopic (exact) mass is 486 g/mol. The third-order valence-corrected chi connectivity index (χ3v) is 5.85. The molecule has 10 heteroatoms. The number of fused-ring (bicyclic) bond motifs is 1. The fourth-order valence-corrected chi connectivity index (χ4v) is 4.10. The molecule has 2 aromatic carbocycles. The van der Waals surface area contributed by atoms with Crippen molar-refractivity contribution in [2.75, 3.05) is 22.1 Å². The molecule has 1 unspecified atom stereocenters. The van der Waals surface area contributed by atoms with Gasteiger partial charge in [-0.15, -0.1) is 0 Å². The van der Waals surface area contributed by atoms with Crippen LogP contribution in [0.25, 0.3) is 0 Å². The molecular weight excluding hydrogens is 468 g/mol. The highest BCUT2D eigenvalue weighted by Gasteiger charge is 2.45. The fourth-order valence-electron chi connectivity index (χ4n) is 3.74. The number of halogens is 1. The number of carbonyl (C=O) groups is 4. The first-order valence-corrected chi connectivity index (χ1v) is 10.3. The normalized spacial score (nSPS) is 20.6. The maximum Gasteiger partial charge on any atom is 0.328 e. The van der Waals surface area contributed by atoms with Gasteiger partial charge in [0, 0.05) is 34.4 Å².